The number of nitrogens with zero attached hydrogens (tertiary/aromatic N) is 2. The van der Waals surface area contributed by atoms with Crippen LogP contribution in [0.15, 0.2) is 4.47 Å². The zero-order valence-corrected chi connectivity index (χ0v) is 14.7. The molecule has 1 aliphatic rings. The molecule has 0 amide bonds. The van der Waals surface area contributed by atoms with Gasteiger partial charge in [0.15, 0.2) is 0 Å². The van der Waals surface area contributed by atoms with Crippen molar-refractivity contribution < 1.29 is 0 Å². The minimum absolute atomic E-state index is 0.587. The molecule has 1 heterocycles. The Morgan fingerprint density at radius 1 is 1.30 bits per heavy atom. The van der Waals surface area contributed by atoms with Gasteiger partial charge in [0.1, 0.15) is 0 Å². The average Bonchev–Trinajstić information content (AvgIpc) is 2.67. The van der Waals surface area contributed by atoms with Gasteiger partial charge in [0.25, 0.3) is 0 Å². The lowest BCUT2D eigenvalue weighted by Crippen LogP contribution is -2.38. The molecule has 1 aromatic heterocycles. The maximum Gasteiger partial charge on any atom is 0.0738 e. The molecule has 0 spiro atoms. The van der Waals surface area contributed by atoms with Crippen molar-refractivity contribution in [3.05, 3.63) is 15.9 Å². The third kappa shape index (κ3) is 3.85. The van der Waals surface area contributed by atoms with Crippen molar-refractivity contribution in [3.8, 4) is 0 Å². The van der Waals surface area contributed by atoms with E-state index in [0.717, 1.165) is 24.6 Å². The summed E-state index contributed by atoms with van der Waals surface area (Å²) in [7, 11) is 2.06. The zero-order valence-electron chi connectivity index (χ0n) is 13.1. The van der Waals surface area contributed by atoms with Crippen LogP contribution in [-0.2, 0) is 13.5 Å². The first-order valence-corrected chi connectivity index (χ1v) is 8.84. The van der Waals surface area contributed by atoms with E-state index in [0.29, 0.717) is 6.04 Å². The van der Waals surface area contributed by atoms with Crippen molar-refractivity contribution in [1.29, 1.82) is 0 Å². The molecule has 0 saturated heterocycles. The molecule has 1 saturated carbocycles. The molecule has 20 heavy (non-hydrogen) atoms. The molecular weight excluding hydrogens is 314 g/mol. The maximum absolute atomic E-state index is 4.53. The van der Waals surface area contributed by atoms with E-state index < -0.39 is 0 Å². The van der Waals surface area contributed by atoms with Crippen LogP contribution in [0, 0.1) is 12.8 Å². The number of hydrogen-bond donors (Lipinski definition) is 1. The monoisotopic (exact) mass is 341 g/mol. The van der Waals surface area contributed by atoms with Gasteiger partial charge >= 0.3 is 0 Å². The Labute approximate surface area is 131 Å². The van der Waals surface area contributed by atoms with E-state index in [4.69, 9.17) is 0 Å². The second kappa shape index (κ2) is 7.60. The molecule has 114 valence electrons. The van der Waals surface area contributed by atoms with Crippen LogP contribution in [0.3, 0.4) is 0 Å². The molecule has 0 aliphatic heterocycles. The van der Waals surface area contributed by atoms with E-state index in [1.54, 1.807) is 0 Å². The van der Waals surface area contributed by atoms with Gasteiger partial charge in [-0.1, -0.05) is 32.6 Å². The molecule has 1 N–H and O–H groups in total. The number of nitrogens with one attached hydrogen (secondary N) is 1. The van der Waals surface area contributed by atoms with Gasteiger partial charge in [-0.15, -0.1) is 0 Å². The van der Waals surface area contributed by atoms with E-state index >= 15 is 0 Å². The normalized spacial score (nSPS) is 19.0. The predicted octanol–water partition coefficient (Wildman–Crippen LogP) is 3.98. The maximum atomic E-state index is 4.53. The van der Waals surface area contributed by atoms with Gasteiger partial charge in [0.05, 0.1) is 15.9 Å². The minimum Gasteiger partial charge on any atom is -0.314 e. The highest BCUT2D eigenvalue weighted by Crippen LogP contribution is 2.29. The SMILES string of the molecule is CCNC(Cc1c(Br)c(C)nn1C)C1CCCCCC1. The van der Waals surface area contributed by atoms with Crippen molar-refractivity contribution in [2.75, 3.05) is 6.54 Å². The molecule has 1 atom stereocenters. The molecule has 0 bridgehead atoms. The van der Waals surface area contributed by atoms with Gasteiger partial charge in [0.2, 0.25) is 0 Å². The Balaban J connectivity index is 2.11. The Morgan fingerprint density at radius 2 is 1.95 bits per heavy atom. The summed E-state index contributed by atoms with van der Waals surface area (Å²) in [4.78, 5) is 0. The fourth-order valence-electron chi connectivity index (χ4n) is 3.49. The van der Waals surface area contributed by atoms with Crippen LogP contribution in [-0.4, -0.2) is 22.4 Å². The van der Waals surface area contributed by atoms with E-state index in [1.165, 1.54) is 48.7 Å². The first kappa shape index (κ1) is 16.0. The molecule has 0 aromatic carbocycles. The van der Waals surface area contributed by atoms with Gasteiger partial charge in [-0.2, -0.15) is 5.10 Å². The fraction of sp³-hybridized carbons (Fsp3) is 0.812. The van der Waals surface area contributed by atoms with Crippen molar-refractivity contribution in [1.82, 2.24) is 15.1 Å². The summed E-state index contributed by atoms with van der Waals surface area (Å²) in [6.07, 6.45) is 9.48. The van der Waals surface area contributed by atoms with Crippen LogP contribution in [0.2, 0.25) is 0 Å². The molecule has 0 radical (unpaired) electrons. The van der Waals surface area contributed by atoms with Gasteiger partial charge in [-0.3, -0.25) is 4.68 Å². The number of aromatic nitrogens is 2. The van der Waals surface area contributed by atoms with Crippen LogP contribution in [0.4, 0.5) is 0 Å². The summed E-state index contributed by atoms with van der Waals surface area (Å²) in [5, 5.41) is 8.26. The summed E-state index contributed by atoms with van der Waals surface area (Å²) < 4.78 is 3.23. The van der Waals surface area contributed by atoms with Crippen molar-refractivity contribution in [2.24, 2.45) is 13.0 Å². The van der Waals surface area contributed by atoms with E-state index in [1.807, 2.05) is 4.68 Å². The molecule has 1 aliphatic carbocycles. The Morgan fingerprint density at radius 3 is 2.45 bits per heavy atom. The Bertz CT molecular complexity index is 420. The molecule has 1 fully saturated rings. The van der Waals surface area contributed by atoms with Crippen LogP contribution in [0.5, 0.6) is 0 Å². The highest BCUT2D eigenvalue weighted by molar-refractivity contribution is 9.10. The number of halogens is 1. The molecule has 3 nitrogen and oxygen atoms in total. The first-order chi connectivity index (χ1) is 9.63. The second-order valence-electron chi connectivity index (χ2n) is 6.09. The summed E-state index contributed by atoms with van der Waals surface area (Å²) >= 11 is 3.71. The quantitative estimate of drug-likeness (QED) is 0.820. The Kier molecular flexibility index (Phi) is 6.09. The molecule has 2 rings (SSSR count). The first-order valence-electron chi connectivity index (χ1n) is 8.04. The van der Waals surface area contributed by atoms with Gasteiger partial charge in [-0.25, -0.2) is 0 Å². The predicted molar refractivity (Wildman–Crippen MR) is 88.0 cm³/mol. The van der Waals surface area contributed by atoms with Crippen LogP contribution < -0.4 is 5.32 Å². The molecule has 1 unspecified atom stereocenters. The number of hydrogen-bond acceptors (Lipinski definition) is 2. The van der Waals surface area contributed by atoms with Gasteiger partial charge in [0, 0.05) is 19.5 Å². The van der Waals surface area contributed by atoms with E-state index in [2.05, 4.69) is 47.2 Å². The minimum atomic E-state index is 0.587. The topological polar surface area (TPSA) is 29.9 Å². The lowest BCUT2D eigenvalue weighted by molar-refractivity contribution is 0.317. The van der Waals surface area contributed by atoms with Crippen LogP contribution in [0.1, 0.15) is 56.8 Å². The van der Waals surface area contributed by atoms with Gasteiger partial charge < -0.3 is 5.32 Å². The Hall–Kier alpha value is -0.350. The third-order valence-electron chi connectivity index (χ3n) is 4.61. The van der Waals surface area contributed by atoms with Gasteiger partial charge in [-0.05, 0) is 48.2 Å². The van der Waals surface area contributed by atoms with Crippen molar-refractivity contribution in [3.63, 3.8) is 0 Å². The van der Waals surface area contributed by atoms with E-state index in [-0.39, 0.29) is 0 Å². The number of aryl methyl sites for hydroxylation is 2. The van der Waals surface area contributed by atoms with E-state index in [9.17, 15) is 0 Å². The smallest absolute Gasteiger partial charge is 0.0738 e. The van der Waals surface area contributed by atoms with Crippen molar-refractivity contribution >= 4 is 15.9 Å². The number of likely N-dealkylation sites (N-methyl/N-ethyl adjacent to an activating group) is 1. The van der Waals surface area contributed by atoms with Crippen LogP contribution >= 0.6 is 15.9 Å². The summed E-state index contributed by atoms with van der Waals surface area (Å²) in [6.45, 7) is 5.34. The lowest BCUT2D eigenvalue weighted by Gasteiger charge is -2.27. The molecule has 4 heteroatoms. The summed E-state index contributed by atoms with van der Waals surface area (Å²) in [5.41, 5.74) is 2.43. The fourth-order valence-corrected chi connectivity index (χ4v) is 3.99. The largest absolute Gasteiger partial charge is 0.314 e. The number of rotatable bonds is 5. The van der Waals surface area contributed by atoms with Crippen LogP contribution in [0.25, 0.3) is 0 Å². The standard InChI is InChI=1S/C16H28BrN3/c1-4-18-14(13-9-7-5-6-8-10-13)11-15-16(17)12(2)19-20(15)3/h13-14,18H,4-11H2,1-3H3. The summed E-state index contributed by atoms with van der Waals surface area (Å²) in [5.74, 6) is 0.819. The molecular formula is C16H28BrN3. The highest BCUT2D eigenvalue weighted by atomic mass is 79.9. The highest BCUT2D eigenvalue weighted by Gasteiger charge is 2.24. The third-order valence-corrected chi connectivity index (χ3v) is 5.64. The zero-order chi connectivity index (χ0) is 14.5. The summed E-state index contributed by atoms with van der Waals surface area (Å²) in [6, 6.07) is 0.587. The molecule has 1 aromatic rings. The average molecular weight is 342 g/mol. The second-order valence-corrected chi connectivity index (χ2v) is 6.88. The lowest BCUT2D eigenvalue weighted by atomic mass is 9.89. The van der Waals surface area contributed by atoms with Crippen molar-refractivity contribution in [2.45, 2.75) is 64.8 Å².